The fourth-order valence-electron chi connectivity index (χ4n) is 1.55. The van der Waals surface area contributed by atoms with Crippen LogP contribution in [0.15, 0.2) is 48.5 Å². The number of hydrogen-bond donors (Lipinski definition) is 1. The summed E-state index contributed by atoms with van der Waals surface area (Å²) in [5.41, 5.74) is 0.569. The number of hydrogen-bond acceptors (Lipinski definition) is 1. The molecule has 0 radical (unpaired) electrons. The predicted octanol–water partition coefficient (Wildman–Crippen LogP) is 4.27. The molecule has 0 aliphatic heterocycles. The lowest BCUT2D eigenvalue weighted by Crippen LogP contribution is -2.09. The monoisotopic (exact) mass is 293 g/mol. The van der Waals surface area contributed by atoms with Crippen molar-refractivity contribution in [3.8, 4) is 0 Å². The van der Waals surface area contributed by atoms with Gasteiger partial charge in [0.05, 0.1) is 5.69 Å². The van der Waals surface area contributed by atoms with Crippen LogP contribution < -0.4 is 5.32 Å². The van der Waals surface area contributed by atoms with Crippen LogP contribution in [0.5, 0.6) is 0 Å². The summed E-state index contributed by atoms with van der Waals surface area (Å²) in [7, 11) is 0. The zero-order valence-electron chi connectivity index (χ0n) is 10.2. The molecule has 1 N–H and O–H groups in total. The maximum absolute atomic E-state index is 13.5. The number of halogens is 3. The molecule has 0 spiro atoms. The zero-order valence-corrected chi connectivity index (χ0v) is 11.0. The van der Waals surface area contributed by atoms with Crippen LogP contribution in [0.3, 0.4) is 0 Å². The van der Waals surface area contributed by atoms with Crippen LogP contribution >= 0.6 is 11.6 Å². The van der Waals surface area contributed by atoms with E-state index < -0.39 is 17.5 Å². The molecule has 2 nitrogen and oxygen atoms in total. The average Bonchev–Trinajstić information content (AvgIpc) is 2.40. The number of benzene rings is 2. The van der Waals surface area contributed by atoms with Crippen LogP contribution in [0, 0.1) is 11.6 Å². The highest BCUT2D eigenvalue weighted by Gasteiger charge is 2.05. The average molecular weight is 294 g/mol. The van der Waals surface area contributed by atoms with Gasteiger partial charge in [0.25, 0.3) is 0 Å². The summed E-state index contributed by atoms with van der Waals surface area (Å²) >= 11 is 5.61. The van der Waals surface area contributed by atoms with Gasteiger partial charge in [0.1, 0.15) is 11.6 Å². The Hall–Kier alpha value is -2.20. The smallest absolute Gasteiger partial charge is 0.248 e. The molecule has 0 atom stereocenters. The summed E-state index contributed by atoms with van der Waals surface area (Å²) in [6, 6.07) is 9.71. The Bertz CT molecular complexity index is 671. The van der Waals surface area contributed by atoms with Gasteiger partial charge in [0.15, 0.2) is 0 Å². The molecule has 2 aromatic rings. The fourth-order valence-corrected chi connectivity index (χ4v) is 1.71. The van der Waals surface area contributed by atoms with E-state index >= 15 is 0 Å². The lowest BCUT2D eigenvalue weighted by atomic mass is 10.2. The summed E-state index contributed by atoms with van der Waals surface area (Å²) in [6.07, 6.45) is 2.63. The molecule has 0 aliphatic rings. The molecule has 0 bridgehead atoms. The van der Waals surface area contributed by atoms with Crippen molar-refractivity contribution in [3.05, 3.63) is 70.8 Å². The van der Waals surface area contributed by atoms with E-state index in [0.717, 1.165) is 6.07 Å². The van der Waals surface area contributed by atoms with E-state index in [-0.39, 0.29) is 10.7 Å². The Morgan fingerprint density at radius 2 is 1.95 bits per heavy atom. The molecular weight excluding hydrogens is 284 g/mol. The van der Waals surface area contributed by atoms with Crippen molar-refractivity contribution in [1.82, 2.24) is 0 Å². The van der Waals surface area contributed by atoms with Gasteiger partial charge in [-0.2, -0.15) is 0 Å². The molecule has 0 aromatic heterocycles. The van der Waals surface area contributed by atoms with E-state index in [2.05, 4.69) is 5.32 Å². The Balaban J connectivity index is 2.05. The van der Waals surface area contributed by atoms with E-state index in [1.54, 1.807) is 6.07 Å². The van der Waals surface area contributed by atoms with Gasteiger partial charge in [-0.3, -0.25) is 4.79 Å². The van der Waals surface area contributed by atoms with Crippen LogP contribution in [0.4, 0.5) is 14.5 Å². The maximum Gasteiger partial charge on any atom is 0.248 e. The highest BCUT2D eigenvalue weighted by atomic mass is 35.5. The van der Waals surface area contributed by atoms with Gasteiger partial charge < -0.3 is 5.32 Å². The minimum absolute atomic E-state index is 0.0308. The lowest BCUT2D eigenvalue weighted by molar-refractivity contribution is -0.111. The molecule has 2 rings (SSSR count). The minimum atomic E-state index is -0.620. The van der Waals surface area contributed by atoms with E-state index in [1.807, 2.05) is 0 Å². The second-order valence-electron chi connectivity index (χ2n) is 4.00. The number of nitrogens with one attached hydrogen (secondary N) is 1. The molecule has 0 heterocycles. The van der Waals surface area contributed by atoms with Crippen molar-refractivity contribution in [1.29, 1.82) is 0 Å². The number of carbonyl (C=O) groups is 1. The highest BCUT2D eigenvalue weighted by Crippen LogP contribution is 2.18. The van der Waals surface area contributed by atoms with Crippen molar-refractivity contribution in [2.24, 2.45) is 0 Å². The van der Waals surface area contributed by atoms with Crippen molar-refractivity contribution in [3.63, 3.8) is 0 Å². The Kier molecular flexibility index (Phi) is 4.48. The molecule has 0 fully saturated rings. The van der Waals surface area contributed by atoms with Gasteiger partial charge in [-0.05, 0) is 42.0 Å². The fraction of sp³-hybridized carbons (Fsp3) is 0. The summed E-state index contributed by atoms with van der Waals surface area (Å²) in [5.74, 6) is -1.53. The Labute approximate surface area is 119 Å². The van der Waals surface area contributed by atoms with Gasteiger partial charge >= 0.3 is 0 Å². The number of carbonyl (C=O) groups excluding carboxylic acids is 1. The molecule has 0 saturated carbocycles. The summed E-state index contributed by atoms with van der Waals surface area (Å²) in [6.45, 7) is 0. The van der Waals surface area contributed by atoms with Gasteiger partial charge in [0.2, 0.25) is 5.91 Å². The Morgan fingerprint density at radius 3 is 2.65 bits per heavy atom. The van der Waals surface area contributed by atoms with Gasteiger partial charge in [0, 0.05) is 11.1 Å². The molecule has 0 aliphatic carbocycles. The molecular formula is C15H10ClF2NO. The van der Waals surface area contributed by atoms with Crippen LogP contribution in [-0.2, 0) is 4.79 Å². The SMILES string of the molecule is O=C(/C=C/c1cccc(F)c1)Nc1ccc(Cl)cc1F. The second-order valence-corrected chi connectivity index (χ2v) is 4.44. The third-order valence-electron chi connectivity index (χ3n) is 2.46. The first-order valence-electron chi connectivity index (χ1n) is 5.74. The first-order chi connectivity index (χ1) is 9.54. The summed E-state index contributed by atoms with van der Waals surface area (Å²) in [4.78, 5) is 11.6. The first-order valence-corrected chi connectivity index (χ1v) is 6.12. The third-order valence-corrected chi connectivity index (χ3v) is 2.70. The normalized spacial score (nSPS) is 10.8. The highest BCUT2D eigenvalue weighted by molar-refractivity contribution is 6.30. The first kappa shape index (κ1) is 14.2. The van der Waals surface area contributed by atoms with Crippen molar-refractivity contribution in [2.75, 3.05) is 5.32 Å². The zero-order chi connectivity index (χ0) is 14.5. The van der Waals surface area contributed by atoms with Gasteiger partial charge in [-0.25, -0.2) is 8.78 Å². The Morgan fingerprint density at radius 1 is 1.15 bits per heavy atom. The van der Waals surface area contributed by atoms with Crippen molar-refractivity contribution in [2.45, 2.75) is 0 Å². The summed E-state index contributed by atoms with van der Waals surface area (Å²) in [5, 5.41) is 2.62. The van der Waals surface area contributed by atoms with Crippen molar-refractivity contribution < 1.29 is 13.6 Å². The number of amides is 1. The second kappa shape index (κ2) is 6.30. The summed E-state index contributed by atoms with van der Waals surface area (Å²) < 4.78 is 26.4. The van der Waals surface area contributed by atoms with Crippen molar-refractivity contribution >= 4 is 29.3 Å². The van der Waals surface area contributed by atoms with E-state index in [0.29, 0.717) is 5.56 Å². The molecule has 20 heavy (non-hydrogen) atoms. The van der Waals surface area contributed by atoms with Gasteiger partial charge in [-0.15, -0.1) is 0 Å². The number of rotatable bonds is 3. The molecule has 2 aromatic carbocycles. The van der Waals surface area contributed by atoms with Crippen LogP contribution in [0.25, 0.3) is 6.08 Å². The van der Waals surface area contributed by atoms with Crippen LogP contribution in [0.2, 0.25) is 5.02 Å². The predicted molar refractivity (Wildman–Crippen MR) is 75.5 cm³/mol. The lowest BCUT2D eigenvalue weighted by Gasteiger charge is -2.03. The molecule has 5 heteroatoms. The maximum atomic E-state index is 13.5. The molecule has 0 saturated heterocycles. The minimum Gasteiger partial charge on any atom is -0.320 e. The van der Waals surface area contributed by atoms with Crippen LogP contribution in [0.1, 0.15) is 5.56 Å². The number of anilines is 1. The van der Waals surface area contributed by atoms with E-state index in [4.69, 9.17) is 11.6 Å². The third kappa shape index (κ3) is 3.90. The molecule has 102 valence electrons. The van der Waals surface area contributed by atoms with Gasteiger partial charge in [-0.1, -0.05) is 23.7 Å². The van der Waals surface area contributed by atoms with Crippen LogP contribution in [-0.4, -0.2) is 5.91 Å². The largest absolute Gasteiger partial charge is 0.320 e. The molecule has 0 unspecified atom stereocenters. The van der Waals surface area contributed by atoms with E-state index in [9.17, 15) is 13.6 Å². The topological polar surface area (TPSA) is 29.1 Å². The quantitative estimate of drug-likeness (QED) is 0.841. The van der Waals surface area contributed by atoms with E-state index in [1.165, 1.54) is 42.5 Å². The standard InChI is InChI=1S/C15H10ClF2NO/c16-11-5-6-14(13(18)9-11)19-15(20)7-4-10-2-1-3-12(17)8-10/h1-9H,(H,19,20)/b7-4+. The molecule has 1 amide bonds.